The number of nitrogens with zero attached hydrogens (tertiary/aromatic N) is 1. The number of nitrogens with one attached hydrogen (secondary N) is 1. The van der Waals surface area contributed by atoms with Gasteiger partial charge in [-0.1, -0.05) is 54.9 Å². The summed E-state index contributed by atoms with van der Waals surface area (Å²) in [6.45, 7) is 15.5. The van der Waals surface area contributed by atoms with Gasteiger partial charge in [0.25, 0.3) is 0 Å². The van der Waals surface area contributed by atoms with E-state index in [9.17, 15) is 9.90 Å². The maximum absolute atomic E-state index is 13.1. The number of hydrogen-bond donors (Lipinski definition) is 2. The fraction of sp³-hybridized carbons (Fsp3) is 0.652. The van der Waals surface area contributed by atoms with Crippen molar-refractivity contribution >= 4 is 11.6 Å². The van der Waals surface area contributed by atoms with Gasteiger partial charge in [-0.05, 0) is 35.3 Å². The fourth-order valence-electron chi connectivity index (χ4n) is 3.85. The van der Waals surface area contributed by atoms with E-state index in [1.54, 1.807) is 0 Å². The average molecular weight is 373 g/mol. The Morgan fingerprint density at radius 1 is 1.15 bits per heavy atom. The monoisotopic (exact) mass is 372 g/mol. The number of aromatic hydroxyl groups is 1. The van der Waals surface area contributed by atoms with Crippen LogP contribution in [0.2, 0.25) is 0 Å². The maximum Gasteiger partial charge on any atom is 0.182 e. The van der Waals surface area contributed by atoms with Crippen molar-refractivity contribution < 1.29 is 9.90 Å². The number of Topliss-reactive ketones (excluding diaryl/α,β-unsaturated/α-hetero) is 1. The van der Waals surface area contributed by atoms with Crippen LogP contribution < -0.4 is 0 Å². The molecule has 1 heterocycles. The molecule has 1 aliphatic heterocycles. The maximum atomic E-state index is 13.1. The highest BCUT2D eigenvalue weighted by molar-refractivity contribution is 6.00. The summed E-state index contributed by atoms with van der Waals surface area (Å²) in [5, 5.41) is 19.1. The van der Waals surface area contributed by atoms with Crippen LogP contribution in [0.25, 0.3) is 0 Å². The summed E-state index contributed by atoms with van der Waals surface area (Å²) >= 11 is 0. The van der Waals surface area contributed by atoms with Crippen molar-refractivity contribution in [3.63, 3.8) is 0 Å². The summed E-state index contributed by atoms with van der Waals surface area (Å²) in [4.78, 5) is 15.0. The molecule has 0 bridgehead atoms. The Kier molecular flexibility index (Phi) is 6.08. The molecule has 4 nitrogen and oxygen atoms in total. The van der Waals surface area contributed by atoms with Crippen molar-refractivity contribution in [1.82, 2.24) is 4.90 Å². The molecule has 27 heavy (non-hydrogen) atoms. The van der Waals surface area contributed by atoms with Crippen LogP contribution in [0.15, 0.2) is 12.1 Å². The normalized spacial score (nSPS) is 18.3. The average Bonchev–Trinajstić information content (AvgIpc) is 2.85. The van der Waals surface area contributed by atoms with Gasteiger partial charge >= 0.3 is 0 Å². The number of hydrogen-bond acceptors (Lipinski definition) is 3. The van der Waals surface area contributed by atoms with E-state index in [4.69, 9.17) is 5.41 Å². The van der Waals surface area contributed by atoms with Gasteiger partial charge in [0.2, 0.25) is 0 Å². The van der Waals surface area contributed by atoms with Crippen LogP contribution in [-0.4, -0.2) is 34.7 Å². The first kappa shape index (κ1) is 21.5. The minimum Gasteiger partial charge on any atom is -0.507 e. The van der Waals surface area contributed by atoms with Crippen molar-refractivity contribution in [2.45, 2.75) is 78.6 Å². The van der Waals surface area contributed by atoms with Gasteiger partial charge < -0.3 is 10.0 Å². The molecular formula is C23H36N2O2. The molecule has 0 aliphatic carbocycles. The lowest BCUT2D eigenvalue weighted by Crippen LogP contribution is -2.31. The van der Waals surface area contributed by atoms with E-state index in [0.29, 0.717) is 23.1 Å². The van der Waals surface area contributed by atoms with Gasteiger partial charge in [-0.25, -0.2) is 0 Å². The summed E-state index contributed by atoms with van der Waals surface area (Å²) in [5.41, 5.74) is 1.73. The number of rotatable bonds is 5. The molecule has 4 heteroatoms. The van der Waals surface area contributed by atoms with Crippen LogP contribution in [0, 0.1) is 11.3 Å². The van der Waals surface area contributed by atoms with Crippen LogP contribution in [-0.2, 0) is 10.8 Å². The van der Waals surface area contributed by atoms with E-state index in [1.807, 2.05) is 58.6 Å². The number of phenols is 1. The van der Waals surface area contributed by atoms with Crippen molar-refractivity contribution in [2.24, 2.45) is 5.92 Å². The van der Waals surface area contributed by atoms with Crippen LogP contribution in [0.4, 0.5) is 0 Å². The molecule has 1 saturated heterocycles. The molecule has 1 atom stereocenters. The summed E-state index contributed by atoms with van der Waals surface area (Å²) in [5.74, 6) is 1.38. The van der Waals surface area contributed by atoms with Gasteiger partial charge in [0.05, 0.1) is 12.4 Å². The second-order valence-corrected chi connectivity index (χ2v) is 10.0. The van der Waals surface area contributed by atoms with Crippen LogP contribution >= 0.6 is 0 Å². The highest BCUT2D eigenvalue weighted by atomic mass is 16.3. The van der Waals surface area contributed by atoms with E-state index in [0.717, 1.165) is 36.9 Å². The smallest absolute Gasteiger partial charge is 0.182 e. The molecule has 1 aromatic carbocycles. The van der Waals surface area contributed by atoms with Gasteiger partial charge in [-0.2, -0.15) is 0 Å². The Hall–Kier alpha value is -1.84. The van der Waals surface area contributed by atoms with Gasteiger partial charge in [0, 0.05) is 29.7 Å². The number of phenolic OH excluding ortho intramolecular Hbond substituents is 1. The Balaban J connectivity index is 2.35. The standard InChI is InChI=1S/C23H36N2O2/c1-8-9-15-10-20(24)25(13-15)14-19(26)16-11-17(22(2,3)4)21(27)18(12-16)23(5,6)7/h11-12,15,24,27H,8-10,13-14H2,1-7H3. The third-order valence-electron chi connectivity index (χ3n) is 5.42. The summed E-state index contributed by atoms with van der Waals surface area (Å²) in [6, 6.07) is 3.69. The lowest BCUT2D eigenvalue weighted by atomic mass is 9.78. The SMILES string of the molecule is CCCC1CC(=N)N(CC(=O)c2cc(C(C)(C)C)c(O)c(C(C)(C)C)c2)C1. The summed E-state index contributed by atoms with van der Waals surface area (Å²) < 4.78 is 0. The number of likely N-dealkylation sites (tertiary alicyclic amines) is 1. The Labute approximate surface area is 164 Å². The van der Waals surface area contributed by atoms with Crippen molar-refractivity contribution in [3.05, 3.63) is 28.8 Å². The van der Waals surface area contributed by atoms with Crippen LogP contribution in [0.1, 0.15) is 89.2 Å². The fourth-order valence-corrected chi connectivity index (χ4v) is 3.85. The van der Waals surface area contributed by atoms with E-state index >= 15 is 0 Å². The number of benzene rings is 1. The molecule has 1 aliphatic rings. The van der Waals surface area contributed by atoms with Gasteiger partial charge in [-0.15, -0.1) is 0 Å². The second-order valence-electron chi connectivity index (χ2n) is 10.0. The topological polar surface area (TPSA) is 64.4 Å². The lowest BCUT2D eigenvalue weighted by Gasteiger charge is -2.28. The molecule has 1 unspecified atom stereocenters. The predicted molar refractivity (Wildman–Crippen MR) is 112 cm³/mol. The summed E-state index contributed by atoms with van der Waals surface area (Å²) in [7, 11) is 0. The highest BCUT2D eigenvalue weighted by Gasteiger charge is 2.30. The van der Waals surface area contributed by atoms with Gasteiger partial charge in [0.1, 0.15) is 5.75 Å². The van der Waals surface area contributed by atoms with Crippen molar-refractivity contribution in [1.29, 1.82) is 5.41 Å². The molecule has 0 spiro atoms. The highest BCUT2D eigenvalue weighted by Crippen LogP contribution is 2.40. The second kappa shape index (κ2) is 7.65. The van der Waals surface area contributed by atoms with Crippen molar-refractivity contribution in [3.8, 4) is 5.75 Å². The summed E-state index contributed by atoms with van der Waals surface area (Å²) in [6.07, 6.45) is 2.99. The number of ketones is 1. The molecule has 2 rings (SSSR count). The first-order valence-electron chi connectivity index (χ1n) is 10.1. The number of carbonyl (C=O) groups is 1. The predicted octanol–water partition coefficient (Wildman–Crippen LogP) is 5.27. The zero-order valence-corrected chi connectivity index (χ0v) is 18.1. The first-order chi connectivity index (χ1) is 12.3. The first-order valence-corrected chi connectivity index (χ1v) is 10.1. The van der Waals surface area contributed by atoms with Crippen LogP contribution in [0.3, 0.4) is 0 Å². The Bertz CT molecular complexity index is 688. The molecule has 0 aromatic heterocycles. The van der Waals surface area contributed by atoms with E-state index in [2.05, 4.69) is 6.92 Å². The van der Waals surface area contributed by atoms with E-state index < -0.39 is 0 Å². The minimum atomic E-state index is -0.257. The lowest BCUT2D eigenvalue weighted by molar-refractivity contribution is 0.0963. The largest absolute Gasteiger partial charge is 0.507 e. The molecular weight excluding hydrogens is 336 g/mol. The number of carbonyl (C=O) groups excluding carboxylic acids is 1. The zero-order chi connectivity index (χ0) is 20.6. The van der Waals surface area contributed by atoms with E-state index in [1.165, 1.54) is 0 Å². The number of amidine groups is 1. The van der Waals surface area contributed by atoms with Gasteiger partial charge in [0.15, 0.2) is 5.78 Å². The molecule has 0 amide bonds. The molecule has 150 valence electrons. The Morgan fingerprint density at radius 2 is 1.67 bits per heavy atom. The van der Waals surface area contributed by atoms with Crippen LogP contribution in [0.5, 0.6) is 5.75 Å². The third kappa shape index (κ3) is 4.91. The van der Waals surface area contributed by atoms with Crippen molar-refractivity contribution in [2.75, 3.05) is 13.1 Å². The third-order valence-corrected chi connectivity index (χ3v) is 5.42. The zero-order valence-electron chi connectivity index (χ0n) is 18.1. The molecule has 1 fully saturated rings. The molecule has 0 saturated carbocycles. The van der Waals surface area contributed by atoms with Gasteiger partial charge in [-0.3, -0.25) is 10.2 Å². The van der Waals surface area contributed by atoms with E-state index in [-0.39, 0.29) is 23.2 Å². The molecule has 1 aromatic rings. The molecule has 2 N–H and O–H groups in total. The minimum absolute atomic E-state index is 0.0212. The quantitative estimate of drug-likeness (QED) is 0.692. The molecule has 0 radical (unpaired) electrons. The Morgan fingerprint density at radius 3 is 2.11 bits per heavy atom.